The Morgan fingerprint density at radius 2 is 2.08 bits per heavy atom. The van der Waals surface area contributed by atoms with Crippen LogP contribution in [0.3, 0.4) is 0 Å². The number of thioether (sulfide) groups is 1. The van der Waals surface area contributed by atoms with Crippen molar-refractivity contribution in [2.45, 2.75) is 32.4 Å². The lowest BCUT2D eigenvalue weighted by molar-refractivity contribution is 0.630. The molecule has 0 amide bonds. The summed E-state index contributed by atoms with van der Waals surface area (Å²) in [4.78, 5) is 0. The predicted molar refractivity (Wildman–Crippen MR) is 63.1 cm³/mol. The summed E-state index contributed by atoms with van der Waals surface area (Å²) in [6.45, 7) is 8.49. The molecule has 1 N–H and O–H groups in total. The summed E-state index contributed by atoms with van der Waals surface area (Å²) in [7, 11) is 0. The van der Waals surface area contributed by atoms with Crippen molar-refractivity contribution in [3.63, 3.8) is 0 Å². The predicted octanol–water partition coefficient (Wildman–Crippen LogP) is 2.38. The van der Waals surface area contributed by atoms with Crippen molar-refractivity contribution in [1.82, 2.24) is 5.32 Å². The maximum atomic E-state index is 5.14. The maximum absolute atomic E-state index is 5.14. The van der Waals surface area contributed by atoms with Gasteiger partial charge in [0.15, 0.2) is 0 Å². The van der Waals surface area contributed by atoms with Gasteiger partial charge in [-0.05, 0) is 18.1 Å². The highest BCUT2D eigenvalue weighted by Crippen LogP contribution is 2.13. The third-order valence-electron chi connectivity index (χ3n) is 1.76. The van der Waals surface area contributed by atoms with Gasteiger partial charge in [-0.15, -0.1) is 6.42 Å². The third kappa shape index (κ3) is 9.79. The Kier molecular flexibility index (Phi) is 8.38. The summed E-state index contributed by atoms with van der Waals surface area (Å²) >= 11 is 2.02. The van der Waals surface area contributed by atoms with Crippen molar-refractivity contribution in [3.8, 4) is 12.3 Å². The Labute approximate surface area is 87.1 Å². The van der Waals surface area contributed by atoms with Crippen LogP contribution in [-0.4, -0.2) is 24.1 Å². The molecule has 0 bridgehead atoms. The second-order valence-corrected chi connectivity index (χ2v) is 5.25. The standard InChI is InChI=1S/C11H21NS/c1-5-7-12-9-11(4)13-8-6-10(2)3/h1,10-12H,6-9H2,2-4H3. The Hall–Kier alpha value is -0.130. The van der Waals surface area contributed by atoms with E-state index in [4.69, 9.17) is 6.42 Å². The summed E-state index contributed by atoms with van der Waals surface area (Å²) in [5, 5.41) is 3.89. The molecule has 76 valence electrons. The van der Waals surface area contributed by atoms with Gasteiger partial charge in [0, 0.05) is 11.8 Å². The average Bonchev–Trinajstić information content (AvgIpc) is 2.04. The number of hydrogen-bond acceptors (Lipinski definition) is 2. The third-order valence-corrected chi connectivity index (χ3v) is 2.96. The average molecular weight is 199 g/mol. The Balaban J connectivity index is 3.21. The van der Waals surface area contributed by atoms with Crippen LogP contribution >= 0.6 is 11.8 Å². The summed E-state index contributed by atoms with van der Waals surface area (Å²) < 4.78 is 0. The molecule has 1 unspecified atom stereocenters. The van der Waals surface area contributed by atoms with Gasteiger partial charge in [-0.25, -0.2) is 0 Å². The van der Waals surface area contributed by atoms with Gasteiger partial charge >= 0.3 is 0 Å². The molecular formula is C11H21NS. The van der Waals surface area contributed by atoms with Gasteiger partial charge in [0.25, 0.3) is 0 Å². The van der Waals surface area contributed by atoms with Gasteiger partial charge in [0.2, 0.25) is 0 Å². The Bertz CT molecular complexity index is 149. The minimum atomic E-state index is 0.673. The lowest BCUT2D eigenvalue weighted by atomic mass is 10.2. The molecule has 0 spiro atoms. The van der Waals surface area contributed by atoms with E-state index in [1.807, 2.05) is 11.8 Å². The van der Waals surface area contributed by atoms with Crippen LogP contribution in [0, 0.1) is 18.3 Å². The largest absolute Gasteiger partial charge is 0.305 e. The van der Waals surface area contributed by atoms with Crippen molar-refractivity contribution in [1.29, 1.82) is 0 Å². The van der Waals surface area contributed by atoms with Crippen molar-refractivity contribution >= 4 is 11.8 Å². The van der Waals surface area contributed by atoms with Crippen molar-refractivity contribution in [2.24, 2.45) is 5.92 Å². The molecule has 1 nitrogen and oxygen atoms in total. The van der Waals surface area contributed by atoms with Crippen LogP contribution in [0.25, 0.3) is 0 Å². The first-order valence-electron chi connectivity index (χ1n) is 4.92. The van der Waals surface area contributed by atoms with Gasteiger partial charge in [-0.3, -0.25) is 0 Å². The molecule has 1 atom stereocenters. The van der Waals surface area contributed by atoms with Crippen LogP contribution in [0.5, 0.6) is 0 Å². The summed E-state index contributed by atoms with van der Waals surface area (Å²) in [5.74, 6) is 4.66. The van der Waals surface area contributed by atoms with Gasteiger partial charge in [0.1, 0.15) is 0 Å². The second kappa shape index (κ2) is 8.47. The van der Waals surface area contributed by atoms with Crippen LogP contribution in [0.1, 0.15) is 27.2 Å². The zero-order valence-corrected chi connectivity index (χ0v) is 9.79. The minimum Gasteiger partial charge on any atom is -0.305 e. The number of terminal acetylenes is 1. The molecule has 0 rings (SSSR count). The van der Waals surface area contributed by atoms with E-state index in [0.717, 1.165) is 12.5 Å². The van der Waals surface area contributed by atoms with Crippen LogP contribution in [0.2, 0.25) is 0 Å². The monoisotopic (exact) mass is 199 g/mol. The number of hydrogen-bond donors (Lipinski definition) is 1. The normalized spacial score (nSPS) is 12.8. The summed E-state index contributed by atoms with van der Waals surface area (Å²) in [6.07, 6.45) is 6.44. The lowest BCUT2D eigenvalue weighted by Crippen LogP contribution is -2.23. The first-order valence-corrected chi connectivity index (χ1v) is 5.97. The summed E-state index contributed by atoms with van der Waals surface area (Å²) in [5.41, 5.74) is 0. The van der Waals surface area contributed by atoms with Gasteiger partial charge in [-0.2, -0.15) is 11.8 Å². The Morgan fingerprint density at radius 1 is 1.38 bits per heavy atom. The first-order chi connectivity index (χ1) is 6.16. The quantitative estimate of drug-likeness (QED) is 0.499. The smallest absolute Gasteiger partial charge is 0.0574 e. The highest BCUT2D eigenvalue weighted by atomic mass is 32.2. The molecule has 0 saturated carbocycles. The van der Waals surface area contributed by atoms with E-state index < -0.39 is 0 Å². The molecule has 0 aromatic carbocycles. The van der Waals surface area contributed by atoms with Gasteiger partial charge < -0.3 is 5.32 Å². The topological polar surface area (TPSA) is 12.0 Å². The molecule has 0 radical (unpaired) electrons. The maximum Gasteiger partial charge on any atom is 0.0574 e. The van der Waals surface area contributed by atoms with E-state index in [-0.39, 0.29) is 0 Å². The fourth-order valence-corrected chi connectivity index (χ4v) is 2.16. The fourth-order valence-electron chi connectivity index (χ4n) is 0.911. The van der Waals surface area contributed by atoms with E-state index in [1.165, 1.54) is 12.2 Å². The molecule has 0 aliphatic carbocycles. The molecule has 0 fully saturated rings. The zero-order chi connectivity index (χ0) is 10.1. The van der Waals surface area contributed by atoms with E-state index in [1.54, 1.807) is 0 Å². The highest BCUT2D eigenvalue weighted by Gasteiger charge is 2.01. The van der Waals surface area contributed by atoms with E-state index >= 15 is 0 Å². The number of rotatable bonds is 7. The minimum absolute atomic E-state index is 0.673. The molecular weight excluding hydrogens is 178 g/mol. The molecule has 0 aliphatic heterocycles. The van der Waals surface area contributed by atoms with Crippen molar-refractivity contribution in [2.75, 3.05) is 18.8 Å². The molecule has 13 heavy (non-hydrogen) atoms. The first kappa shape index (κ1) is 12.9. The molecule has 0 heterocycles. The Morgan fingerprint density at radius 3 is 2.62 bits per heavy atom. The van der Waals surface area contributed by atoms with Gasteiger partial charge in [0.05, 0.1) is 6.54 Å². The van der Waals surface area contributed by atoms with Gasteiger partial charge in [-0.1, -0.05) is 26.7 Å². The lowest BCUT2D eigenvalue weighted by Gasteiger charge is -2.11. The second-order valence-electron chi connectivity index (χ2n) is 3.70. The molecule has 0 saturated heterocycles. The van der Waals surface area contributed by atoms with Crippen LogP contribution < -0.4 is 5.32 Å². The van der Waals surface area contributed by atoms with E-state index in [9.17, 15) is 0 Å². The fraction of sp³-hybridized carbons (Fsp3) is 0.818. The SMILES string of the molecule is C#CCNCC(C)SCCC(C)C. The summed E-state index contributed by atoms with van der Waals surface area (Å²) in [6, 6.07) is 0. The highest BCUT2D eigenvalue weighted by molar-refractivity contribution is 7.99. The van der Waals surface area contributed by atoms with E-state index in [0.29, 0.717) is 11.8 Å². The van der Waals surface area contributed by atoms with Crippen molar-refractivity contribution in [3.05, 3.63) is 0 Å². The van der Waals surface area contributed by atoms with Crippen molar-refractivity contribution < 1.29 is 0 Å². The number of nitrogens with one attached hydrogen (secondary N) is 1. The molecule has 0 aliphatic rings. The molecule has 0 aromatic rings. The van der Waals surface area contributed by atoms with Crippen LogP contribution in [0.4, 0.5) is 0 Å². The van der Waals surface area contributed by atoms with Crippen LogP contribution in [0.15, 0.2) is 0 Å². The molecule has 0 aromatic heterocycles. The molecule has 2 heteroatoms. The van der Waals surface area contributed by atoms with E-state index in [2.05, 4.69) is 32.0 Å². The van der Waals surface area contributed by atoms with Crippen LogP contribution in [-0.2, 0) is 0 Å². The zero-order valence-electron chi connectivity index (χ0n) is 8.97.